The van der Waals surface area contributed by atoms with Gasteiger partial charge in [-0.05, 0) is 30.9 Å². The molecule has 1 aliphatic heterocycles. The molecule has 3 heteroatoms. The molecule has 1 heterocycles. The highest BCUT2D eigenvalue weighted by atomic mass is 19.1. The molecule has 0 amide bonds. The van der Waals surface area contributed by atoms with E-state index in [9.17, 15) is 4.39 Å². The van der Waals surface area contributed by atoms with Crippen LogP contribution >= 0.6 is 0 Å². The number of nitrogens with two attached hydrogens (primary N) is 1. The number of hydrogen-bond acceptors (Lipinski definition) is 2. The summed E-state index contributed by atoms with van der Waals surface area (Å²) in [4.78, 5) is 0. The fraction of sp³-hybridized carbons (Fsp3) is 0.571. The lowest BCUT2D eigenvalue weighted by molar-refractivity contribution is -0.0232. The van der Waals surface area contributed by atoms with Crippen molar-refractivity contribution >= 4 is 0 Å². The highest BCUT2D eigenvalue weighted by molar-refractivity contribution is 5.28. The summed E-state index contributed by atoms with van der Waals surface area (Å²) >= 11 is 0. The van der Waals surface area contributed by atoms with Gasteiger partial charge < -0.3 is 10.5 Å². The Bertz CT molecular complexity index is 372. The van der Waals surface area contributed by atoms with Gasteiger partial charge in [-0.1, -0.05) is 24.3 Å². The minimum Gasteiger partial charge on any atom is -0.381 e. The van der Waals surface area contributed by atoms with E-state index in [0.29, 0.717) is 13.2 Å². The van der Waals surface area contributed by atoms with Gasteiger partial charge in [-0.25, -0.2) is 4.39 Å². The van der Waals surface area contributed by atoms with Crippen LogP contribution < -0.4 is 5.73 Å². The summed E-state index contributed by atoms with van der Waals surface area (Å²) < 4.78 is 20.3. The minimum absolute atomic E-state index is 0.0516. The summed E-state index contributed by atoms with van der Waals surface area (Å²) in [7, 11) is 0. The molecule has 0 aliphatic carbocycles. The van der Waals surface area contributed by atoms with E-state index >= 15 is 0 Å². The Labute approximate surface area is 102 Å². The number of benzene rings is 1. The standard InChI is InChI=1S/C14H20FNO/c1-14(15,13-6-3-7-17-10-13)12-5-2-4-11(8-12)9-16/h2,4-5,8,13H,3,6-7,9-10,16H2,1H3. The molecule has 0 radical (unpaired) electrons. The molecule has 0 spiro atoms. The van der Waals surface area contributed by atoms with Gasteiger partial charge in [0, 0.05) is 19.1 Å². The van der Waals surface area contributed by atoms with Crippen molar-refractivity contribution in [1.82, 2.24) is 0 Å². The predicted molar refractivity (Wildman–Crippen MR) is 66.3 cm³/mol. The molecule has 1 aromatic carbocycles. The van der Waals surface area contributed by atoms with E-state index in [-0.39, 0.29) is 5.92 Å². The van der Waals surface area contributed by atoms with Gasteiger partial charge in [-0.3, -0.25) is 0 Å². The molecule has 17 heavy (non-hydrogen) atoms. The van der Waals surface area contributed by atoms with Crippen molar-refractivity contribution < 1.29 is 9.13 Å². The average Bonchev–Trinajstić information content (AvgIpc) is 2.40. The van der Waals surface area contributed by atoms with Crippen molar-refractivity contribution in [2.24, 2.45) is 11.7 Å². The van der Waals surface area contributed by atoms with E-state index in [1.165, 1.54) is 0 Å². The molecule has 2 atom stereocenters. The SMILES string of the molecule is CC(F)(c1cccc(CN)c1)C1CCCOC1. The molecule has 94 valence electrons. The molecule has 0 saturated carbocycles. The number of ether oxygens (including phenoxy) is 1. The number of rotatable bonds is 3. The van der Waals surface area contributed by atoms with Crippen LogP contribution in [0.2, 0.25) is 0 Å². The lowest BCUT2D eigenvalue weighted by atomic mass is 9.81. The maximum Gasteiger partial charge on any atom is 0.138 e. The molecule has 2 unspecified atom stereocenters. The molecule has 1 fully saturated rings. The molecule has 1 saturated heterocycles. The second-order valence-corrected chi connectivity index (χ2v) is 4.89. The van der Waals surface area contributed by atoms with E-state index in [4.69, 9.17) is 10.5 Å². The van der Waals surface area contributed by atoms with Crippen LogP contribution in [-0.2, 0) is 17.0 Å². The van der Waals surface area contributed by atoms with Gasteiger partial charge in [0.25, 0.3) is 0 Å². The summed E-state index contributed by atoms with van der Waals surface area (Å²) in [6.07, 6.45) is 1.83. The van der Waals surface area contributed by atoms with Gasteiger partial charge in [0.05, 0.1) is 6.61 Å². The number of alkyl halides is 1. The summed E-state index contributed by atoms with van der Waals surface area (Å²) in [5.41, 5.74) is 5.96. The topological polar surface area (TPSA) is 35.2 Å². The van der Waals surface area contributed by atoms with Crippen LogP contribution in [0.15, 0.2) is 24.3 Å². The first-order chi connectivity index (χ1) is 8.14. The molecule has 2 nitrogen and oxygen atoms in total. The lowest BCUT2D eigenvalue weighted by Crippen LogP contribution is -2.34. The highest BCUT2D eigenvalue weighted by Gasteiger charge is 2.37. The van der Waals surface area contributed by atoms with E-state index in [2.05, 4.69) is 0 Å². The first kappa shape index (κ1) is 12.5. The van der Waals surface area contributed by atoms with Crippen molar-refractivity contribution in [1.29, 1.82) is 0 Å². The fourth-order valence-corrected chi connectivity index (χ4v) is 2.41. The maximum atomic E-state index is 14.9. The summed E-state index contributed by atoms with van der Waals surface area (Å²) in [5.74, 6) is -0.0516. The predicted octanol–water partition coefficient (Wildman–Crippen LogP) is 2.76. The van der Waals surface area contributed by atoms with Crippen LogP contribution in [0.5, 0.6) is 0 Å². The summed E-state index contributed by atoms with van der Waals surface area (Å²) in [5, 5.41) is 0. The van der Waals surface area contributed by atoms with Gasteiger partial charge in [-0.15, -0.1) is 0 Å². The third-order valence-corrected chi connectivity index (χ3v) is 3.65. The van der Waals surface area contributed by atoms with Crippen molar-refractivity contribution in [3.05, 3.63) is 35.4 Å². The molecule has 1 aromatic rings. The number of hydrogen-bond donors (Lipinski definition) is 1. The van der Waals surface area contributed by atoms with Crippen LogP contribution in [0.25, 0.3) is 0 Å². The van der Waals surface area contributed by atoms with E-state index in [0.717, 1.165) is 30.6 Å². The highest BCUT2D eigenvalue weighted by Crippen LogP contribution is 2.38. The second kappa shape index (κ2) is 5.15. The lowest BCUT2D eigenvalue weighted by Gasteiger charge is -2.33. The molecule has 2 N–H and O–H groups in total. The van der Waals surface area contributed by atoms with Crippen LogP contribution in [0.4, 0.5) is 4.39 Å². The van der Waals surface area contributed by atoms with Crippen molar-refractivity contribution in [2.45, 2.75) is 32.0 Å². The van der Waals surface area contributed by atoms with Crippen molar-refractivity contribution in [3.63, 3.8) is 0 Å². The molecular weight excluding hydrogens is 217 g/mol. The second-order valence-electron chi connectivity index (χ2n) is 4.89. The van der Waals surface area contributed by atoms with Crippen LogP contribution in [0.3, 0.4) is 0 Å². The molecular formula is C14H20FNO. The molecule has 2 rings (SSSR count). The van der Waals surface area contributed by atoms with E-state index in [1.807, 2.05) is 24.3 Å². The Morgan fingerprint density at radius 1 is 1.53 bits per heavy atom. The third-order valence-electron chi connectivity index (χ3n) is 3.65. The third kappa shape index (κ3) is 2.67. The van der Waals surface area contributed by atoms with Gasteiger partial charge in [0.1, 0.15) is 5.67 Å². The van der Waals surface area contributed by atoms with E-state index < -0.39 is 5.67 Å². The largest absolute Gasteiger partial charge is 0.381 e. The summed E-state index contributed by atoms with van der Waals surface area (Å²) in [6.45, 7) is 3.38. The van der Waals surface area contributed by atoms with Gasteiger partial charge in [0.2, 0.25) is 0 Å². The van der Waals surface area contributed by atoms with Crippen molar-refractivity contribution in [3.8, 4) is 0 Å². The Hall–Kier alpha value is -0.930. The van der Waals surface area contributed by atoms with Gasteiger partial charge >= 0.3 is 0 Å². The zero-order valence-corrected chi connectivity index (χ0v) is 10.3. The van der Waals surface area contributed by atoms with Crippen LogP contribution in [-0.4, -0.2) is 13.2 Å². The minimum atomic E-state index is -1.33. The normalized spacial score (nSPS) is 24.3. The first-order valence-corrected chi connectivity index (χ1v) is 6.20. The zero-order valence-electron chi connectivity index (χ0n) is 10.3. The van der Waals surface area contributed by atoms with Gasteiger partial charge in [-0.2, -0.15) is 0 Å². The van der Waals surface area contributed by atoms with Crippen molar-refractivity contribution in [2.75, 3.05) is 13.2 Å². The van der Waals surface area contributed by atoms with E-state index in [1.54, 1.807) is 6.92 Å². The number of halogens is 1. The van der Waals surface area contributed by atoms with Crippen LogP contribution in [0.1, 0.15) is 30.9 Å². The monoisotopic (exact) mass is 237 g/mol. The average molecular weight is 237 g/mol. The molecule has 0 aromatic heterocycles. The molecule has 0 bridgehead atoms. The Balaban J connectivity index is 2.22. The Morgan fingerprint density at radius 2 is 2.35 bits per heavy atom. The van der Waals surface area contributed by atoms with Crippen LogP contribution in [0, 0.1) is 5.92 Å². The Kier molecular flexibility index (Phi) is 3.79. The van der Waals surface area contributed by atoms with Gasteiger partial charge in [0.15, 0.2) is 0 Å². The summed E-state index contributed by atoms with van der Waals surface area (Å²) in [6, 6.07) is 7.51. The fourth-order valence-electron chi connectivity index (χ4n) is 2.41. The Morgan fingerprint density at radius 3 is 3.00 bits per heavy atom. The quantitative estimate of drug-likeness (QED) is 0.877. The first-order valence-electron chi connectivity index (χ1n) is 6.20. The zero-order chi connectivity index (χ0) is 12.3. The smallest absolute Gasteiger partial charge is 0.138 e. The maximum absolute atomic E-state index is 14.9. The molecule has 1 aliphatic rings.